The van der Waals surface area contributed by atoms with E-state index in [-0.39, 0.29) is 13.0 Å². The number of hydrogen-bond acceptors (Lipinski definition) is 5. The maximum atomic E-state index is 12.6. The van der Waals surface area contributed by atoms with Crippen LogP contribution in [0.25, 0.3) is 0 Å². The van der Waals surface area contributed by atoms with Crippen LogP contribution in [0.15, 0.2) is 30.3 Å². The van der Waals surface area contributed by atoms with Crippen LogP contribution in [0.1, 0.15) is 26.7 Å². The highest BCUT2D eigenvalue weighted by Crippen LogP contribution is 2.41. The van der Waals surface area contributed by atoms with E-state index in [1.807, 2.05) is 18.2 Å². The number of likely N-dealkylation sites (tertiary alicyclic amines) is 1. The largest absolute Gasteiger partial charge is 0.480 e. The van der Waals surface area contributed by atoms with Crippen LogP contribution in [0.5, 0.6) is 0 Å². The third-order valence-electron chi connectivity index (χ3n) is 4.29. The van der Waals surface area contributed by atoms with Crippen LogP contribution in [0, 0.1) is 0 Å². The van der Waals surface area contributed by atoms with Crippen LogP contribution in [0.3, 0.4) is 0 Å². The average molecular weight is 336 g/mol. The molecule has 2 fully saturated rings. The summed E-state index contributed by atoms with van der Waals surface area (Å²) in [7, 11) is 0. The Balaban J connectivity index is 1.81. The molecule has 1 unspecified atom stereocenters. The number of carboxylic acid groups (broad SMARTS) is 1. The standard InChI is InChI=1S/C17H21NO6/c1-16(14(19)20)11-17(23-8-5-9-24-17)12-18(16)15(21)22-10-13-6-3-2-4-7-13/h2-4,6-7H,5,8-12H2,1H3,(H,19,20)/t16-/m0/s1/i12D/t12?,16-. The van der Waals surface area contributed by atoms with Crippen molar-refractivity contribution < 1.29 is 30.3 Å². The summed E-state index contributed by atoms with van der Waals surface area (Å²) in [5, 5.41) is 9.66. The molecule has 1 amide bonds. The summed E-state index contributed by atoms with van der Waals surface area (Å²) in [6, 6.07) is 9.05. The number of carbonyl (C=O) groups excluding carboxylic acids is 1. The second-order valence-electron chi connectivity index (χ2n) is 6.16. The van der Waals surface area contributed by atoms with Crippen molar-refractivity contribution in [3.05, 3.63) is 35.9 Å². The lowest BCUT2D eigenvalue weighted by atomic mass is 9.97. The molecule has 0 bridgehead atoms. The minimum atomic E-state index is -1.64. The maximum absolute atomic E-state index is 12.6. The highest BCUT2D eigenvalue weighted by molar-refractivity contribution is 5.85. The first kappa shape index (κ1) is 15.4. The van der Waals surface area contributed by atoms with Crippen molar-refractivity contribution in [1.82, 2.24) is 4.90 Å². The number of aliphatic carboxylic acids is 1. The number of carbonyl (C=O) groups is 2. The molecule has 2 atom stereocenters. The van der Waals surface area contributed by atoms with Gasteiger partial charge in [0.1, 0.15) is 12.1 Å². The number of benzene rings is 1. The lowest BCUT2D eigenvalue weighted by Gasteiger charge is -2.33. The van der Waals surface area contributed by atoms with Gasteiger partial charge in [-0.2, -0.15) is 0 Å². The van der Waals surface area contributed by atoms with E-state index in [1.54, 1.807) is 12.1 Å². The van der Waals surface area contributed by atoms with E-state index >= 15 is 0 Å². The zero-order valence-electron chi connectivity index (χ0n) is 14.4. The molecule has 2 aliphatic heterocycles. The molecular weight excluding hydrogens is 314 g/mol. The van der Waals surface area contributed by atoms with Crippen LogP contribution < -0.4 is 0 Å². The van der Waals surface area contributed by atoms with Crippen molar-refractivity contribution in [2.24, 2.45) is 0 Å². The Morgan fingerprint density at radius 2 is 2.00 bits per heavy atom. The lowest BCUT2D eigenvalue weighted by Crippen LogP contribution is -2.50. The maximum Gasteiger partial charge on any atom is 0.411 e. The van der Waals surface area contributed by atoms with Gasteiger partial charge in [0.2, 0.25) is 0 Å². The molecule has 0 saturated carbocycles. The molecule has 2 saturated heterocycles. The topological polar surface area (TPSA) is 85.3 Å². The van der Waals surface area contributed by atoms with Crippen LogP contribution in [-0.4, -0.2) is 53.1 Å². The van der Waals surface area contributed by atoms with E-state index in [2.05, 4.69) is 0 Å². The Morgan fingerprint density at radius 1 is 1.33 bits per heavy atom. The molecule has 1 aromatic rings. The van der Waals surface area contributed by atoms with Crippen molar-refractivity contribution in [2.75, 3.05) is 19.7 Å². The van der Waals surface area contributed by atoms with Crippen molar-refractivity contribution in [1.29, 1.82) is 0 Å². The Hall–Kier alpha value is -2.12. The predicted octanol–water partition coefficient (Wildman–Crippen LogP) is 2.01. The van der Waals surface area contributed by atoms with E-state index < -0.39 is 29.9 Å². The first-order valence-corrected chi connectivity index (χ1v) is 7.83. The van der Waals surface area contributed by atoms with Gasteiger partial charge in [0.25, 0.3) is 0 Å². The second-order valence-corrected chi connectivity index (χ2v) is 6.16. The number of nitrogens with zero attached hydrogens (tertiary/aromatic N) is 1. The van der Waals surface area contributed by atoms with E-state index in [9.17, 15) is 14.7 Å². The fraction of sp³-hybridized carbons (Fsp3) is 0.529. The van der Waals surface area contributed by atoms with Gasteiger partial charge >= 0.3 is 12.1 Å². The highest BCUT2D eigenvalue weighted by atomic mass is 16.7. The third-order valence-corrected chi connectivity index (χ3v) is 4.29. The molecular formula is C17H21NO6. The molecule has 0 radical (unpaired) electrons. The molecule has 2 heterocycles. The smallest absolute Gasteiger partial charge is 0.411 e. The van der Waals surface area contributed by atoms with Gasteiger partial charge in [-0.15, -0.1) is 0 Å². The molecule has 7 heteroatoms. The quantitative estimate of drug-likeness (QED) is 0.909. The van der Waals surface area contributed by atoms with E-state index in [4.69, 9.17) is 15.6 Å². The number of rotatable bonds is 3. The Labute approximate surface area is 141 Å². The predicted molar refractivity (Wildman–Crippen MR) is 83.2 cm³/mol. The van der Waals surface area contributed by atoms with Gasteiger partial charge in [-0.3, -0.25) is 4.90 Å². The van der Waals surface area contributed by atoms with Crippen molar-refractivity contribution in [3.63, 3.8) is 0 Å². The minimum Gasteiger partial charge on any atom is -0.480 e. The summed E-state index contributed by atoms with van der Waals surface area (Å²) in [4.78, 5) is 25.3. The van der Waals surface area contributed by atoms with Crippen LogP contribution in [-0.2, 0) is 25.6 Å². The first-order chi connectivity index (χ1) is 11.9. The normalized spacial score (nSPS) is 29.3. The Bertz CT molecular complexity index is 648. The van der Waals surface area contributed by atoms with Gasteiger partial charge in [0, 0.05) is 6.42 Å². The second kappa shape index (κ2) is 6.41. The van der Waals surface area contributed by atoms with Crippen LogP contribution >= 0.6 is 0 Å². The zero-order valence-corrected chi connectivity index (χ0v) is 13.4. The van der Waals surface area contributed by atoms with Crippen molar-refractivity contribution >= 4 is 12.1 Å². The van der Waals surface area contributed by atoms with E-state index in [0.717, 1.165) is 10.5 Å². The summed E-state index contributed by atoms with van der Waals surface area (Å²) >= 11 is 0. The molecule has 7 nitrogen and oxygen atoms in total. The lowest BCUT2D eigenvalue weighted by molar-refractivity contribution is -0.258. The molecule has 1 aromatic carbocycles. The molecule has 2 aliphatic rings. The molecule has 1 spiro atoms. The minimum absolute atomic E-state index is 0.00664. The summed E-state index contributed by atoms with van der Waals surface area (Å²) in [6.07, 6.45) is -0.330. The van der Waals surface area contributed by atoms with E-state index in [1.165, 1.54) is 6.92 Å². The monoisotopic (exact) mass is 336 g/mol. The molecule has 24 heavy (non-hydrogen) atoms. The molecule has 1 N–H and O–H groups in total. The van der Waals surface area contributed by atoms with Crippen molar-refractivity contribution in [2.45, 2.75) is 37.7 Å². The number of carboxylic acids is 1. The van der Waals surface area contributed by atoms with Gasteiger partial charge in [0.15, 0.2) is 5.79 Å². The number of amides is 1. The number of hydrogen-bond donors (Lipinski definition) is 1. The van der Waals surface area contributed by atoms with E-state index in [0.29, 0.717) is 19.6 Å². The number of ether oxygens (including phenoxy) is 3. The highest BCUT2D eigenvalue weighted by Gasteiger charge is 2.59. The first-order valence-electron chi connectivity index (χ1n) is 8.40. The summed E-state index contributed by atoms with van der Waals surface area (Å²) in [5.41, 5.74) is -0.870. The SMILES string of the molecule is [2H]C1N(C(=O)OCc2ccccc2)[C@](C)(C(=O)O)CC12OCCCO2. The Morgan fingerprint density at radius 3 is 2.62 bits per heavy atom. The third kappa shape index (κ3) is 3.09. The zero-order chi connectivity index (χ0) is 18.1. The van der Waals surface area contributed by atoms with Crippen molar-refractivity contribution in [3.8, 4) is 0 Å². The van der Waals surface area contributed by atoms with Crippen LogP contribution in [0.4, 0.5) is 4.79 Å². The van der Waals surface area contributed by atoms with Gasteiger partial charge < -0.3 is 19.3 Å². The Kier molecular flexibility index (Phi) is 4.12. The molecule has 0 aromatic heterocycles. The van der Waals surface area contributed by atoms with Gasteiger partial charge in [-0.1, -0.05) is 30.3 Å². The molecule has 3 rings (SSSR count). The molecule has 130 valence electrons. The summed E-state index contributed by atoms with van der Waals surface area (Å²) in [5.74, 6) is -2.66. The average Bonchev–Trinajstić information content (AvgIpc) is 2.82. The summed E-state index contributed by atoms with van der Waals surface area (Å²) in [6.45, 7) is 0.775. The van der Waals surface area contributed by atoms with Gasteiger partial charge in [0.05, 0.1) is 21.1 Å². The van der Waals surface area contributed by atoms with Gasteiger partial charge in [-0.05, 0) is 18.9 Å². The molecule has 0 aliphatic carbocycles. The van der Waals surface area contributed by atoms with Gasteiger partial charge in [-0.25, -0.2) is 9.59 Å². The summed E-state index contributed by atoms with van der Waals surface area (Å²) < 4.78 is 24.9. The van der Waals surface area contributed by atoms with Crippen LogP contribution in [0.2, 0.25) is 0 Å². The fourth-order valence-corrected chi connectivity index (χ4v) is 2.94. The fourth-order valence-electron chi connectivity index (χ4n) is 2.94.